The molecule has 0 atom stereocenters. The van der Waals surface area contributed by atoms with Crippen LogP contribution in [0.2, 0.25) is 0 Å². The van der Waals surface area contributed by atoms with E-state index in [-0.39, 0.29) is 0 Å². The smallest absolute Gasteiger partial charge is 0.0618 e. The Hall–Kier alpha value is -9.24. The van der Waals surface area contributed by atoms with Gasteiger partial charge in [-0.2, -0.15) is 0 Å². The Balaban J connectivity index is 1.03. The summed E-state index contributed by atoms with van der Waals surface area (Å²) >= 11 is 0. The Labute approximate surface area is 408 Å². The van der Waals surface area contributed by atoms with Gasteiger partial charge in [0.25, 0.3) is 0 Å². The number of nitrogens with zero attached hydrogens (tertiary/aromatic N) is 2. The highest BCUT2D eigenvalue weighted by Gasteiger charge is 2.23. The lowest BCUT2D eigenvalue weighted by atomic mass is 9.92. The van der Waals surface area contributed by atoms with Gasteiger partial charge in [-0.05, 0) is 109 Å². The minimum Gasteiger partial charge on any atom is -0.310 e. The Morgan fingerprint density at radius 3 is 1.14 bits per heavy atom. The number of anilines is 3. The molecule has 1 aromatic heterocycles. The first-order chi connectivity index (χ1) is 34.7. The Morgan fingerprint density at radius 2 is 0.614 bits per heavy atom. The average Bonchev–Trinajstić information content (AvgIpc) is 3.77. The van der Waals surface area contributed by atoms with Gasteiger partial charge in [-0.25, -0.2) is 0 Å². The zero-order chi connectivity index (χ0) is 46.4. The van der Waals surface area contributed by atoms with Gasteiger partial charge < -0.3 is 9.47 Å². The molecule has 0 unspecified atom stereocenters. The number of fused-ring (bicyclic) bond motifs is 5. The van der Waals surface area contributed by atoms with Gasteiger partial charge >= 0.3 is 0 Å². The largest absolute Gasteiger partial charge is 0.310 e. The summed E-state index contributed by atoms with van der Waals surface area (Å²) in [6.07, 6.45) is 0. The van der Waals surface area contributed by atoms with E-state index in [1.54, 1.807) is 0 Å². The second-order valence-electron chi connectivity index (χ2n) is 18.0. The van der Waals surface area contributed by atoms with Crippen molar-refractivity contribution in [2.45, 2.75) is 0 Å². The summed E-state index contributed by atoms with van der Waals surface area (Å²) in [6.45, 7) is 0. The minimum atomic E-state index is 1.07. The van der Waals surface area contributed by atoms with Crippen molar-refractivity contribution < 1.29 is 0 Å². The van der Waals surface area contributed by atoms with E-state index in [9.17, 15) is 0 Å². The summed E-state index contributed by atoms with van der Waals surface area (Å²) in [4.78, 5) is 2.43. The highest BCUT2D eigenvalue weighted by Crippen LogP contribution is 2.47. The molecular weight excluding hydrogens is 845 g/mol. The predicted octanol–water partition coefficient (Wildman–Crippen LogP) is 18.9. The maximum atomic E-state index is 2.49. The molecule has 13 aromatic rings. The fourth-order valence-corrected chi connectivity index (χ4v) is 10.7. The molecule has 1 heterocycles. The maximum Gasteiger partial charge on any atom is 0.0618 e. The first-order valence-electron chi connectivity index (χ1n) is 24.1. The van der Waals surface area contributed by atoms with Crippen LogP contribution in [-0.2, 0) is 0 Å². The average molecular weight is 891 g/mol. The molecule has 13 rings (SSSR count). The summed E-state index contributed by atoms with van der Waals surface area (Å²) in [7, 11) is 0. The van der Waals surface area contributed by atoms with Crippen LogP contribution < -0.4 is 4.90 Å². The molecule has 0 bridgehead atoms. The highest BCUT2D eigenvalue weighted by molar-refractivity contribution is 6.11. The third-order valence-corrected chi connectivity index (χ3v) is 14.0. The van der Waals surface area contributed by atoms with Crippen molar-refractivity contribution >= 4 is 60.4 Å². The van der Waals surface area contributed by atoms with Crippen molar-refractivity contribution in [3.8, 4) is 61.3 Å². The molecule has 0 amide bonds. The van der Waals surface area contributed by atoms with E-state index in [1.165, 1.54) is 76.7 Å². The van der Waals surface area contributed by atoms with Gasteiger partial charge in [0.15, 0.2) is 0 Å². The summed E-state index contributed by atoms with van der Waals surface area (Å²) in [5.41, 5.74) is 18.5. The van der Waals surface area contributed by atoms with Crippen LogP contribution in [0.3, 0.4) is 0 Å². The number of para-hydroxylation sites is 3. The van der Waals surface area contributed by atoms with Crippen molar-refractivity contribution in [1.29, 1.82) is 0 Å². The molecule has 12 aromatic carbocycles. The predicted molar refractivity (Wildman–Crippen MR) is 298 cm³/mol. The Bertz CT molecular complexity index is 3850. The normalized spacial score (nSPS) is 11.4. The molecule has 0 aliphatic rings. The molecule has 0 N–H and O–H groups in total. The van der Waals surface area contributed by atoms with Crippen molar-refractivity contribution in [3.05, 3.63) is 279 Å². The molecule has 0 radical (unpaired) electrons. The summed E-state index contributed by atoms with van der Waals surface area (Å²) in [6, 6.07) is 102. The molecule has 0 fully saturated rings. The van der Waals surface area contributed by atoms with Gasteiger partial charge in [0, 0.05) is 38.8 Å². The van der Waals surface area contributed by atoms with Crippen LogP contribution in [0.4, 0.5) is 17.1 Å². The van der Waals surface area contributed by atoms with Crippen molar-refractivity contribution in [2.24, 2.45) is 0 Å². The van der Waals surface area contributed by atoms with Crippen LogP contribution in [0.5, 0.6) is 0 Å². The van der Waals surface area contributed by atoms with E-state index in [4.69, 9.17) is 0 Å². The zero-order valence-electron chi connectivity index (χ0n) is 38.5. The highest BCUT2D eigenvalue weighted by atomic mass is 15.1. The van der Waals surface area contributed by atoms with Gasteiger partial charge in [0.05, 0.1) is 22.4 Å². The van der Waals surface area contributed by atoms with Crippen LogP contribution >= 0.6 is 0 Å². The lowest BCUT2D eigenvalue weighted by Crippen LogP contribution is -2.11. The van der Waals surface area contributed by atoms with E-state index in [0.717, 1.165) is 45.0 Å². The summed E-state index contributed by atoms with van der Waals surface area (Å²) in [5.74, 6) is 0. The quantitative estimate of drug-likeness (QED) is 0.140. The summed E-state index contributed by atoms with van der Waals surface area (Å²) < 4.78 is 2.49. The molecule has 0 aliphatic heterocycles. The summed E-state index contributed by atoms with van der Waals surface area (Å²) in [5, 5.41) is 7.44. The van der Waals surface area contributed by atoms with Crippen LogP contribution in [0.25, 0.3) is 105 Å². The molecule has 70 heavy (non-hydrogen) atoms. The van der Waals surface area contributed by atoms with Gasteiger partial charge in [0.2, 0.25) is 0 Å². The molecule has 0 saturated heterocycles. The SMILES string of the molecule is c1ccc(-c2cc(-c3cccc(-c4ccccc4)c3-n3c4ccccc4c4ccccc43)ccc2N(c2ccc(-c3cccc4ccccc34)cc2)c2ccc(-c3cccc4ccccc34)cc2)cc1. The molecule has 2 nitrogen and oxygen atoms in total. The lowest BCUT2D eigenvalue weighted by molar-refractivity contribution is 1.18. The van der Waals surface area contributed by atoms with Gasteiger partial charge in [-0.1, -0.05) is 231 Å². The standard InChI is InChI=1S/C68H46N2/c1-3-18-49(19-4-1)60-32-17-33-61(68(60)70-65-34-13-11-28-62(65)63-29-12-14-35-66(63)70)53-40-45-67(64(46-53)50-20-5-2-6-21-50)69(54-41-36-51(37-42-54)58-30-15-24-47-22-7-9-26-56(47)58)55-43-38-52(39-44-55)59-31-16-25-48-23-8-10-27-57(48)59/h1-46H. The fourth-order valence-electron chi connectivity index (χ4n) is 10.7. The molecule has 0 saturated carbocycles. The van der Waals surface area contributed by atoms with Crippen molar-refractivity contribution in [1.82, 2.24) is 4.57 Å². The number of benzene rings is 12. The fraction of sp³-hybridized carbons (Fsp3) is 0. The lowest BCUT2D eigenvalue weighted by Gasteiger charge is -2.29. The van der Waals surface area contributed by atoms with E-state index < -0.39 is 0 Å². The number of hydrogen-bond acceptors (Lipinski definition) is 1. The number of rotatable bonds is 9. The van der Waals surface area contributed by atoms with E-state index in [0.29, 0.717) is 0 Å². The third kappa shape index (κ3) is 7.13. The minimum absolute atomic E-state index is 1.07. The topological polar surface area (TPSA) is 8.17 Å². The number of hydrogen-bond donors (Lipinski definition) is 0. The van der Waals surface area contributed by atoms with Crippen LogP contribution in [-0.4, -0.2) is 4.57 Å². The zero-order valence-corrected chi connectivity index (χ0v) is 38.5. The second kappa shape index (κ2) is 17.4. The van der Waals surface area contributed by atoms with Gasteiger partial charge in [-0.3, -0.25) is 0 Å². The van der Waals surface area contributed by atoms with E-state index in [1.807, 2.05) is 0 Å². The van der Waals surface area contributed by atoms with Gasteiger partial charge in [0.1, 0.15) is 0 Å². The van der Waals surface area contributed by atoms with E-state index in [2.05, 4.69) is 289 Å². The molecule has 0 spiro atoms. The Kier molecular flexibility index (Phi) is 10.2. The maximum absolute atomic E-state index is 2.49. The van der Waals surface area contributed by atoms with Crippen LogP contribution in [0.1, 0.15) is 0 Å². The van der Waals surface area contributed by atoms with Gasteiger partial charge in [-0.15, -0.1) is 0 Å². The molecule has 0 aliphatic carbocycles. The Morgan fingerprint density at radius 1 is 0.243 bits per heavy atom. The van der Waals surface area contributed by atoms with Crippen molar-refractivity contribution in [2.75, 3.05) is 4.90 Å². The molecular formula is C68H46N2. The van der Waals surface area contributed by atoms with E-state index >= 15 is 0 Å². The first kappa shape index (κ1) is 41.0. The van der Waals surface area contributed by atoms with Crippen LogP contribution in [0.15, 0.2) is 279 Å². The second-order valence-corrected chi connectivity index (χ2v) is 18.0. The monoisotopic (exact) mass is 890 g/mol. The van der Waals surface area contributed by atoms with Crippen molar-refractivity contribution in [3.63, 3.8) is 0 Å². The third-order valence-electron chi connectivity index (χ3n) is 14.0. The first-order valence-corrected chi connectivity index (χ1v) is 24.1. The molecule has 2 heteroatoms. The number of aromatic nitrogens is 1. The molecule has 328 valence electrons. The van der Waals surface area contributed by atoms with Crippen LogP contribution in [0, 0.1) is 0 Å².